The molecule has 150 valence electrons. The Hall–Kier alpha value is -1.14. The van der Waals surface area contributed by atoms with Crippen LogP contribution in [0.4, 0.5) is 0 Å². The fraction of sp³-hybridized carbons (Fsp3) is 0.900. The molecule has 0 spiro atoms. The molecule has 1 saturated heterocycles. The van der Waals surface area contributed by atoms with Gasteiger partial charge >= 0.3 is 0 Å². The molecule has 6 heteroatoms. The standard InChI is InChI=1S/C20H38N4O2/c1-5-23(6-2)19(25)15-22-11-13-24(14-12-22)17(4)20(26)21-18-10-8-7-9-16(18)3/h16-18H,5-15H2,1-4H3,(H,21,26). The summed E-state index contributed by atoms with van der Waals surface area (Å²) in [6, 6.07) is 0.247. The molecule has 26 heavy (non-hydrogen) atoms. The van der Waals surface area contributed by atoms with Crippen LogP contribution in [0.15, 0.2) is 0 Å². The maximum atomic E-state index is 12.7. The van der Waals surface area contributed by atoms with E-state index in [4.69, 9.17) is 0 Å². The van der Waals surface area contributed by atoms with Crippen LogP contribution in [0.25, 0.3) is 0 Å². The zero-order chi connectivity index (χ0) is 19.1. The van der Waals surface area contributed by atoms with E-state index in [2.05, 4.69) is 22.0 Å². The van der Waals surface area contributed by atoms with E-state index in [0.717, 1.165) is 45.7 Å². The van der Waals surface area contributed by atoms with Crippen LogP contribution < -0.4 is 5.32 Å². The van der Waals surface area contributed by atoms with Crippen LogP contribution in [0, 0.1) is 5.92 Å². The van der Waals surface area contributed by atoms with E-state index < -0.39 is 0 Å². The lowest BCUT2D eigenvalue weighted by Crippen LogP contribution is -2.56. The van der Waals surface area contributed by atoms with Gasteiger partial charge in [0.25, 0.3) is 0 Å². The van der Waals surface area contributed by atoms with Crippen LogP contribution in [0.2, 0.25) is 0 Å². The molecule has 1 N–H and O–H groups in total. The molecule has 2 amide bonds. The van der Waals surface area contributed by atoms with Crippen molar-refractivity contribution < 1.29 is 9.59 Å². The van der Waals surface area contributed by atoms with Gasteiger partial charge in [-0.3, -0.25) is 19.4 Å². The number of nitrogens with one attached hydrogen (secondary N) is 1. The average molecular weight is 367 g/mol. The van der Waals surface area contributed by atoms with E-state index in [-0.39, 0.29) is 17.9 Å². The van der Waals surface area contributed by atoms with Crippen molar-refractivity contribution >= 4 is 11.8 Å². The number of nitrogens with zero attached hydrogens (tertiary/aromatic N) is 3. The first-order chi connectivity index (χ1) is 12.5. The molecular weight excluding hydrogens is 328 g/mol. The van der Waals surface area contributed by atoms with Gasteiger partial charge in [-0.25, -0.2) is 0 Å². The topological polar surface area (TPSA) is 55.9 Å². The van der Waals surface area contributed by atoms with Gasteiger partial charge in [0, 0.05) is 45.3 Å². The number of piperazine rings is 1. The highest BCUT2D eigenvalue weighted by molar-refractivity contribution is 5.81. The Balaban J connectivity index is 1.75. The second-order valence-electron chi connectivity index (χ2n) is 7.93. The van der Waals surface area contributed by atoms with Crippen molar-refractivity contribution in [3.05, 3.63) is 0 Å². The Labute approximate surface area is 159 Å². The molecule has 0 bridgehead atoms. The van der Waals surface area contributed by atoms with E-state index in [9.17, 15) is 9.59 Å². The number of carbonyl (C=O) groups is 2. The molecule has 0 aromatic carbocycles. The van der Waals surface area contributed by atoms with E-state index in [1.807, 2.05) is 25.7 Å². The van der Waals surface area contributed by atoms with Crippen molar-refractivity contribution in [1.82, 2.24) is 20.0 Å². The molecule has 0 aromatic rings. The molecule has 1 heterocycles. The summed E-state index contributed by atoms with van der Waals surface area (Å²) in [5, 5.41) is 3.28. The van der Waals surface area contributed by atoms with Crippen LogP contribution in [0.5, 0.6) is 0 Å². The molecular formula is C20H38N4O2. The van der Waals surface area contributed by atoms with Gasteiger partial charge in [-0.2, -0.15) is 0 Å². The minimum absolute atomic E-state index is 0.0928. The largest absolute Gasteiger partial charge is 0.352 e. The highest BCUT2D eigenvalue weighted by Gasteiger charge is 2.29. The summed E-state index contributed by atoms with van der Waals surface area (Å²) in [6.07, 6.45) is 4.85. The maximum Gasteiger partial charge on any atom is 0.237 e. The number of rotatable bonds is 7. The lowest BCUT2D eigenvalue weighted by molar-refractivity contribution is -0.133. The minimum Gasteiger partial charge on any atom is -0.352 e. The zero-order valence-corrected chi connectivity index (χ0v) is 17.2. The summed E-state index contributed by atoms with van der Waals surface area (Å²) in [4.78, 5) is 31.3. The summed E-state index contributed by atoms with van der Waals surface area (Å²) >= 11 is 0. The van der Waals surface area contributed by atoms with Crippen molar-refractivity contribution in [3.63, 3.8) is 0 Å². The van der Waals surface area contributed by atoms with Gasteiger partial charge in [0.1, 0.15) is 0 Å². The molecule has 1 saturated carbocycles. The molecule has 0 radical (unpaired) electrons. The molecule has 1 aliphatic carbocycles. The second kappa shape index (κ2) is 10.3. The third kappa shape index (κ3) is 5.68. The lowest BCUT2D eigenvalue weighted by atomic mass is 9.86. The Morgan fingerprint density at radius 2 is 1.69 bits per heavy atom. The van der Waals surface area contributed by atoms with Crippen LogP contribution in [0.1, 0.15) is 53.4 Å². The minimum atomic E-state index is -0.0928. The van der Waals surface area contributed by atoms with E-state index >= 15 is 0 Å². The van der Waals surface area contributed by atoms with E-state index in [1.165, 1.54) is 19.3 Å². The molecule has 6 nitrogen and oxygen atoms in total. The molecule has 1 aliphatic heterocycles. The van der Waals surface area contributed by atoms with Gasteiger partial charge in [0.05, 0.1) is 12.6 Å². The number of hydrogen-bond donors (Lipinski definition) is 1. The SMILES string of the molecule is CCN(CC)C(=O)CN1CCN(C(C)C(=O)NC2CCCCC2C)CC1. The maximum absolute atomic E-state index is 12.7. The second-order valence-corrected chi connectivity index (χ2v) is 7.93. The van der Waals surface area contributed by atoms with Crippen molar-refractivity contribution in [2.45, 2.75) is 65.5 Å². The fourth-order valence-electron chi connectivity index (χ4n) is 4.18. The highest BCUT2D eigenvalue weighted by Crippen LogP contribution is 2.24. The quantitative estimate of drug-likeness (QED) is 0.743. The third-order valence-electron chi connectivity index (χ3n) is 6.25. The van der Waals surface area contributed by atoms with Gasteiger partial charge in [-0.1, -0.05) is 19.8 Å². The summed E-state index contributed by atoms with van der Waals surface area (Å²) in [5.41, 5.74) is 0. The highest BCUT2D eigenvalue weighted by atomic mass is 16.2. The molecule has 2 aliphatic rings. The van der Waals surface area contributed by atoms with Crippen LogP contribution >= 0.6 is 0 Å². The monoisotopic (exact) mass is 366 g/mol. The van der Waals surface area contributed by atoms with Crippen LogP contribution in [-0.4, -0.2) is 84.4 Å². The summed E-state index contributed by atoms with van der Waals surface area (Å²) in [5.74, 6) is 0.958. The van der Waals surface area contributed by atoms with Gasteiger partial charge in [-0.15, -0.1) is 0 Å². The molecule has 0 aromatic heterocycles. The average Bonchev–Trinajstić information content (AvgIpc) is 2.64. The smallest absolute Gasteiger partial charge is 0.237 e. The Kier molecular flexibility index (Phi) is 8.35. The van der Waals surface area contributed by atoms with Gasteiger partial charge in [0.2, 0.25) is 11.8 Å². The first-order valence-electron chi connectivity index (χ1n) is 10.5. The third-order valence-corrected chi connectivity index (χ3v) is 6.25. The predicted molar refractivity (Wildman–Crippen MR) is 105 cm³/mol. The van der Waals surface area contributed by atoms with Crippen LogP contribution in [0.3, 0.4) is 0 Å². The Morgan fingerprint density at radius 1 is 1.08 bits per heavy atom. The van der Waals surface area contributed by atoms with Gasteiger partial charge < -0.3 is 10.2 Å². The normalized spacial score (nSPS) is 26.3. The van der Waals surface area contributed by atoms with E-state index in [1.54, 1.807) is 0 Å². The summed E-state index contributed by atoms with van der Waals surface area (Å²) in [6.45, 7) is 13.7. The zero-order valence-electron chi connectivity index (χ0n) is 17.2. The van der Waals surface area contributed by atoms with Crippen LogP contribution in [-0.2, 0) is 9.59 Å². The van der Waals surface area contributed by atoms with Gasteiger partial charge in [-0.05, 0) is 39.5 Å². The van der Waals surface area contributed by atoms with E-state index in [0.29, 0.717) is 18.5 Å². The number of likely N-dealkylation sites (N-methyl/N-ethyl adjacent to an activating group) is 1. The number of hydrogen-bond acceptors (Lipinski definition) is 4. The van der Waals surface area contributed by atoms with Crippen molar-refractivity contribution in [2.75, 3.05) is 45.8 Å². The summed E-state index contributed by atoms with van der Waals surface area (Å²) in [7, 11) is 0. The molecule has 2 rings (SSSR count). The van der Waals surface area contributed by atoms with Crippen molar-refractivity contribution in [2.24, 2.45) is 5.92 Å². The first-order valence-corrected chi connectivity index (χ1v) is 10.5. The van der Waals surface area contributed by atoms with Crippen molar-refractivity contribution in [1.29, 1.82) is 0 Å². The Bertz CT molecular complexity index is 459. The number of amides is 2. The summed E-state index contributed by atoms with van der Waals surface area (Å²) < 4.78 is 0. The molecule has 2 fully saturated rings. The number of carbonyl (C=O) groups excluding carboxylic acids is 2. The fourth-order valence-corrected chi connectivity index (χ4v) is 4.18. The van der Waals surface area contributed by atoms with Gasteiger partial charge in [0.15, 0.2) is 0 Å². The first kappa shape index (κ1) is 21.2. The Morgan fingerprint density at radius 3 is 2.27 bits per heavy atom. The molecule has 3 unspecified atom stereocenters. The predicted octanol–water partition coefficient (Wildman–Crippen LogP) is 1.56. The van der Waals surface area contributed by atoms with Crippen molar-refractivity contribution in [3.8, 4) is 0 Å². The molecule has 3 atom stereocenters. The lowest BCUT2D eigenvalue weighted by Gasteiger charge is -2.38.